The van der Waals surface area contributed by atoms with Gasteiger partial charge in [-0.1, -0.05) is 0 Å². The second kappa shape index (κ2) is 7.34. The normalized spacial score (nSPS) is 15.3. The Morgan fingerprint density at radius 1 is 1.00 bits per heavy atom. The molecule has 0 unspecified atom stereocenters. The summed E-state index contributed by atoms with van der Waals surface area (Å²) < 4.78 is 82.8. The van der Waals surface area contributed by atoms with Crippen LogP contribution < -0.4 is 11.1 Å². The Hall–Kier alpha value is -1.97. The minimum atomic E-state index is -5.00. The number of benzene rings is 1. The van der Waals surface area contributed by atoms with E-state index in [-0.39, 0.29) is 6.07 Å². The molecule has 3 N–H and O–H groups in total. The van der Waals surface area contributed by atoms with Gasteiger partial charge in [-0.2, -0.15) is 26.3 Å². The highest BCUT2D eigenvalue weighted by Crippen LogP contribution is 2.37. The van der Waals surface area contributed by atoms with Crippen LogP contribution in [0.5, 0.6) is 0 Å². The summed E-state index contributed by atoms with van der Waals surface area (Å²) >= 11 is 0. The Kier molecular flexibility index (Phi) is 6.23. The summed E-state index contributed by atoms with van der Waals surface area (Å²) in [4.78, 5) is 11.9. The first-order valence-electron chi connectivity index (χ1n) is 7.55. The third-order valence-corrected chi connectivity index (χ3v) is 3.17. The standard InChI is InChI=1S/C16H20F6N2O2/c1-8(23)12(24-13(25)26-14(2,3)4)9-5-10(15(17,18)19)7-11(6-9)16(20,21)22/h5-8,12H,23H2,1-4H3,(H,24,25)/t8-,12-/m0/s1. The van der Waals surface area contributed by atoms with E-state index in [1.165, 1.54) is 6.92 Å². The summed E-state index contributed by atoms with van der Waals surface area (Å²) in [5, 5.41) is 2.23. The van der Waals surface area contributed by atoms with Gasteiger partial charge in [-0.15, -0.1) is 0 Å². The van der Waals surface area contributed by atoms with Gasteiger partial charge in [-0.05, 0) is 51.5 Å². The lowest BCUT2D eigenvalue weighted by molar-refractivity contribution is -0.143. The summed E-state index contributed by atoms with van der Waals surface area (Å²) in [7, 11) is 0. The zero-order valence-corrected chi connectivity index (χ0v) is 14.5. The van der Waals surface area contributed by atoms with Crippen molar-refractivity contribution in [3.8, 4) is 0 Å². The summed E-state index contributed by atoms with van der Waals surface area (Å²) in [6, 6.07) is -1.23. The van der Waals surface area contributed by atoms with Gasteiger partial charge in [0.2, 0.25) is 0 Å². The number of nitrogens with one attached hydrogen (secondary N) is 1. The van der Waals surface area contributed by atoms with Crippen LogP contribution in [-0.2, 0) is 17.1 Å². The van der Waals surface area contributed by atoms with E-state index in [1.54, 1.807) is 20.8 Å². The first-order chi connectivity index (χ1) is 11.5. The van der Waals surface area contributed by atoms with Crippen LogP contribution in [0.4, 0.5) is 31.1 Å². The van der Waals surface area contributed by atoms with Crippen molar-refractivity contribution in [3.63, 3.8) is 0 Å². The number of alkyl carbamates (subject to hydrolysis) is 1. The second-order valence-electron chi connectivity index (χ2n) is 6.82. The molecule has 0 fully saturated rings. The Morgan fingerprint density at radius 3 is 1.73 bits per heavy atom. The highest BCUT2D eigenvalue weighted by molar-refractivity contribution is 5.68. The number of hydrogen-bond acceptors (Lipinski definition) is 3. The summed E-state index contributed by atoms with van der Waals surface area (Å²) in [6.45, 7) is 6.01. The lowest BCUT2D eigenvalue weighted by Crippen LogP contribution is -2.42. The molecule has 10 heteroatoms. The predicted molar refractivity (Wildman–Crippen MR) is 82.2 cm³/mol. The van der Waals surface area contributed by atoms with Crippen molar-refractivity contribution in [3.05, 3.63) is 34.9 Å². The molecule has 0 aliphatic rings. The topological polar surface area (TPSA) is 64.3 Å². The third-order valence-electron chi connectivity index (χ3n) is 3.17. The lowest BCUT2D eigenvalue weighted by atomic mass is 9.96. The molecule has 1 amide bonds. The zero-order valence-electron chi connectivity index (χ0n) is 14.5. The van der Waals surface area contributed by atoms with Crippen LogP contribution >= 0.6 is 0 Å². The van der Waals surface area contributed by atoms with Crippen molar-refractivity contribution >= 4 is 6.09 Å². The molecule has 148 valence electrons. The average Bonchev–Trinajstić information content (AvgIpc) is 2.40. The number of carbonyl (C=O) groups is 1. The maximum absolute atomic E-state index is 13.0. The lowest BCUT2D eigenvalue weighted by Gasteiger charge is -2.27. The van der Waals surface area contributed by atoms with Gasteiger partial charge in [-0.3, -0.25) is 0 Å². The molecular formula is C16H20F6N2O2. The van der Waals surface area contributed by atoms with Crippen molar-refractivity contribution < 1.29 is 35.9 Å². The number of alkyl halides is 6. The summed E-state index contributed by atoms with van der Waals surface area (Å²) in [5.74, 6) is 0. The number of carbonyl (C=O) groups excluding carboxylic acids is 1. The largest absolute Gasteiger partial charge is 0.444 e. The monoisotopic (exact) mass is 386 g/mol. The van der Waals surface area contributed by atoms with Crippen molar-refractivity contribution in [2.75, 3.05) is 0 Å². The molecular weight excluding hydrogens is 366 g/mol. The maximum atomic E-state index is 13.0. The highest BCUT2D eigenvalue weighted by Gasteiger charge is 2.38. The summed E-state index contributed by atoms with van der Waals surface area (Å²) in [6.07, 6.45) is -11.0. The van der Waals surface area contributed by atoms with Crippen LogP contribution in [0.15, 0.2) is 18.2 Å². The minimum Gasteiger partial charge on any atom is -0.444 e. The van der Waals surface area contributed by atoms with E-state index in [1.807, 2.05) is 0 Å². The molecule has 0 aliphatic heterocycles. The minimum absolute atomic E-state index is 0.00915. The molecule has 0 saturated heterocycles. The van der Waals surface area contributed by atoms with Crippen molar-refractivity contribution in [1.82, 2.24) is 5.32 Å². The number of halogens is 6. The van der Waals surface area contributed by atoms with Crippen LogP contribution in [0.3, 0.4) is 0 Å². The number of ether oxygens (including phenoxy) is 1. The van der Waals surface area contributed by atoms with E-state index < -0.39 is 52.8 Å². The van der Waals surface area contributed by atoms with Gasteiger partial charge in [0.25, 0.3) is 0 Å². The first-order valence-corrected chi connectivity index (χ1v) is 7.55. The maximum Gasteiger partial charge on any atom is 0.416 e. The number of hydrogen-bond donors (Lipinski definition) is 2. The first kappa shape index (κ1) is 22.1. The van der Waals surface area contributed by atoms with Gasteiger partial charge in [0, 0.05) is 6.04 Å². The quantitative estimate of drug-likeness (QED) is 0.744. The molecule has 0 spiro atoms. The van der Waals surface area contributed by atoms with Crippen LogP contribution in [-0.4, -0.2) is 17.7 Å². The molecule has 0 saturated carbocycles. The zero-order chi connectivity index (χ0) is 20.5. The fourth-order valence-corrected chi connectivity index (χ4v) is 2.11. The van der Waals surface area contributed by atoms with Gasteiger partial charge in [0.1, 0.15) is 5.60 Å². The van der Waals surface area contributed by atoms with Crippen molar-refractivity contribution in [1.29, 1.82) is 0 Å². The van der Waals surface area contributed by atoms with Gasteiger partial charge >= 0.3 is 18.4 Å². The van der Waals surface area contributed by atoms with Crippen LogP contribution in [0.2, 0.25) is 0 Å². The number of amides is 1. The summed E-state index contributed by atoms with van der Waals surface area (Å²) in [5.41, 5.74) is 1.36. The number of nitrogens with two attached hydrogens (primary N) is 1. The van der Waals surface area contributed by atoms with Crippen LogP contribution in [0.1, 0.15) is 50.4 Å². The van der Waals surface area contributed by atoms with Crippen molar-refractivity contribution in [2.45, 2.75) is 57.7 Å². The third kappa shape index (κ3) is 6.40. The highest BCUT2D eigenvalue weighted by atomic mass is 19.4. The SMILES string of the molecule is C[C@H](N)[C@H](NC(=O)OC(C)(C)C)c1cc(C(F)(F)F)cc(C(F)(F)F)c1. The van der Waals surface area contributed by atoms with Crippen LogP contribution in [0, 0.1) is 0 Å². The number of rotatable bonds is 3. The smallest absolute Gasteiger partial charge is 0.416 e. The molecule has 0 bridgehead atoms. The van der Waals surface area contributed by atoms with Gasteiger partial charge < -0.3 is 15.8 Å². The van der Waals surface area contributed by atoms with Gasteiger partial charge in [-0.25, -0.2) is 4.79 Å². The van der Waals surface area contributed by atoms with Gasteiger partial charge in [0.15, 0.2) is 0 Å². The molecule has 1 rings (SSSR count). The Balaban J connectivity index is 3.36. The molecule has 0 aromatic heterocycles. The Morgan fingerprint density at radius 2 is 1.42 bits per heavy atom. The molecule has 1 aromatic carbocycles. The predicted octanol–water partition coefficient (Wildman–Crippen LogP) is 4.64. The van der Waals surface area contributed by atoms with E-state index in [0.717, 1.165) is 0 Å². The van der Waals surface area contributed by atoms with E-state index in [9.17, 15) is 31.1 Å². The molecule has 1 aromatic rings. The Labute approximate surface area is 146 Å². The average molecular weight is 386 g/mol. The molecule has 0 radical (unpaired) electrons. The molecule has 4 nitrogen and oxygen atoms in total. The molecule has 26 heavy (non-hydrogen) atoms. The molecule has 2 atom stereocenters. The van der Waals surface area contributed by atoms with E-state index in [4.69, 9.17) is 10.5 Å². The molecule has 0 aliphatic carbocycles. The fraction of sp³-hybridized carbons (Fsp3) is 0.562. The van der Waals surface area contributed by atoms with E-state index in [2.05, 4.69) is 5.32 Å². The van der Waals surface area contributed by atoms with Crippen molar-refractivity contribution in [2.24, 2.45) is 5.73 Å². The van der Waals surface area contributed by atoms with Crippen LogP contribution in [0.25, 0.3) is 0 Å². The van der Waals surface area contributed by atoms with E-state index in [0.29, 0.717) is 12.1 Å². The van der Waals surface area contributed by atoms with E-state index >= 15 is 0 Å². The Bertz CT molecular complexity index is 615. The molecule has 0 heterocycles. The second-order valence-corrected chi connectivity index (χ2v) is 6.82. The fourth-order valence-electron chi connectivity index (χ4n) is 2.11. The van der Waals surface area contributed by atoms with Gasteiger partial charge in [0.05, 0.1) is 17.2 Å².